The summed E-state index contributed by atoms with van der Waals surface area (Å²) in [4.78, 5) is 35.4. The standard InChI is InChI=1S/C22H23N7O/c1-28-14-24-12-21(28)20-11-23-10-17(27-20)8-15-4-6-29(7-5-15)22(30)16-2-3-18-19(9-16)26-13-25-18/h2-3,9-15H,4-8H2,1H3,(H,25,26). The summed E-state index contributed by atoms with van der Waals surface area (Å²) in [5.74, 6) is 0.586. The van der Waals surface area contributed by atoms with Crippen LogP contribution in [-0.2, 0) is 13.5 Å². The fourth-order valence-corrected chi connectivity index (χ4v) is 4.12. The Hall–Kier alpha value is -3.55. The molecule has 8 nitrogen and oxygen atoms in total. The highest BCUT2D eigenvalue weighted by Crippen LogP contribution is 2.24. The molecule has 5 rings (SSSR count). The van der Waals surface area contributed by atoms with Crippen molar-refractivity contribution in [1.29, 1.82) is 0 Å². The third-order valence-corrected chi connectivity index (χ3v) is 5.83. The molecule has 0 saturated carbocycles. The van der Waals surface area contributed by atoms with Crippen LogP contribution in [0.3, 0.4) is 0 Å². The monoisotopic (exact) mass is 401 g/mol. The first-order valence-corrected chi connectivity index (χ1v) is 10.2. The summed E-state index contributed by atoms with van der Waals surface area (Å²) >= 11 is 0. The van der Waals surface area contributed by atoms with Gasteiger partial charge in [0.1, 0.15) is 5.69 Å². The van der Waals surface area contributed by atoms with E-state index >= 15 is 0 Å². The molecule has 30 heavy (non-hydrogen) atoms. The predicted octanol–water partition coefficient (Wildman–Crippen LogP) is 2.85. The largest absolute Gasteiger partial charge is 0.345 e. The van der Waals surface area contributed by atoms with E-state index in [1.165, 1.54) is 0 Å². The summed E-state index contributed by atoms with van der Waals surface area (Å²) in [6.45, 7) is 1.53. The highest BCUT2D eigenvalue weighted by atomic mass is 16.2. The molecule has 0 aliphatic carbocycles. The number of carbonyl (C=O) groups excluding carboxylic acids is 1. The molecule has 1 aliphatic rings. The van der Waals surface area contributed by atoms with E-state index in [4.69, 9.17) is 4.98 Å². The number of benzene rings is 1. The highest BCUT2D eigenvalue weighted by molar-refractivity contribution is 5.97. The third kappa shape index (κ3) is 3.56. The molecule has 4 aromatic rings. The zero-order valence-corrected chi connectivity index (χ0v) is 16.8. The van der Waals surface area contributed by atoms with E-state index in [2.05, 4.69) is 19.9 Å². The lowest BCUT2D eigenvalue weighted by atomic mass is 9.92. The van der Waals surface area contributed by atoms with Crippen LogP contribution in [0.5, 0.6) is 0 Å². The molecule has 8 heteroatoms. The summed E-state index contributed by atoms with van der Waals surface area (Å²) in [6.07, 6.45) is 11.6. The van der Waals surface area contributed by atoms with Crippen LogP contribution in [0.15, 0.2) is 49.4 Å². The van der Waals surface area contributed by atoms with Gasteiger partial charge < -0.3 is 14.5 Å². The first kappa shape index (κ1) is 18.5. The normalized spacial score (nSPS) is 15.0. The van der Waals surface area contributed by atoms with Crippen LogP contribution in [-0.4, -0.2) is 53.4 Å². The van der Waals surface area contributed by atoms with Gasteiger partial charge in [0.25, 0.3) is 5.91 Å². The van der Waals surface area contributed by atoms with Crippen molar-refractivity contribution in [2.45, 2.75) is 19.3 Å². The van der Waals surface area contributed by atoms with Gasteiger partial charge >= 0.3 is 0 Å². The Labute approximate surface area is 174 Å². The van der Waals surface area contributed by atoms with Gasteiger partial charge in [-0.1, -0.05) is 0 Å². The van der Waals surface area contributed by atoms with Gasteiger partial charge in [0.2, 0.25) is 0 Å². The van der Waals surface area contributed by atoms with Crippen molar-refractivity contribution < 1.29 is 4.79 Å². The van der Waals surface area contributed by atoms with Gasteiger partial charge in [-0.05, 0) is 43.4 Å². The number of amides is 1. The molecular formula is C22H23N7O. The van der Waals surface area contributed by atoms with Crippen molar-refractivity contribution in [3.63, 3.8) is 0 Å². The van der Waals surface area contributed by atoms with Crippen LogP contribution < -0.4 is 0 Å². The minimum Gasteiger partial charge on any atom is -0.345 e. The van der Waals surface area contributed by atoms with Gasteiger partial charge in [0, 0.05) is 31.9 Å². The maximum absolute atomic E-state index is 12.9. The number of hydrogen-bond donors (Lipinski definition) is 1. The maximum atomic E-state index is 12.9. The molecule has 1 fully saturated rings. The first-order valence-electron chi connectivity index (χ1n) is 10.2. The number of aromatic amines is 1. The molecule has 152 valence electrons. The van der Waals surface area contributed by atoms with Crippen LogP contribution >= 0.6 is 0 Å². The number of rotatable bonds is 4. The number of carbonyl (C=O) groups is 1. The minimum atomic E-state index is 0.0861. The molecule has 0 atom stereocenters. The number of fused-ring (bicyclic) bond motifs is 1. The second kappa shape index (κ2) is 7.70. The van der Waals surface area contributed by atoms with Crippen molar-refractivity contribution in [3.05, 3.63) is 60.7 Å². The second-order valence-corrected chi connectivity index (χ2v) is 7.86. The van der Waals surface area contributed by atoms with Crippen LogP contribution in [0.25, 0.3) is 22.4 Å². The third-order valence-electron chi connectivity index (χ3n) is 5.83. The van der Waals surface area contributed by atoms with Gasteiger partial charge in [-0.2, -0.15) is 0 Å². The number of imidazole rings is 2. The lowest BCUT2D eigenvalue weighted by Crippen LogP contribution is -2.39. The second-order valence-electron chi connectivity index (χ2n) is 7.86. The SMILES string of the molecule is Cn1cncc1-c1cncc(CC2CCN(C(=O)c3ccc4nc[nH]c4c3)CC2)n1. The molecule has 3 aromatic heterocycles. The van der Waals surface area contributed by atoms with Crippen molar-refractivity contribution >= 4 is 16.9 Å². The molecule has 4 heterocycles. The molecule has 0 radical (unpaired) electrons. The summed E-state index contributed by atoms with van der Waals surface area (Å²) < 4.78 is 1.94. The lowest BCUT2D eigenvalue weighted by molar-refractivity contribution is 0.0690. The molecule has 0 unspecified atom stereocenters. The fourth-order valence-electron chi connectivity index (χ4n) is 4.12. The van der Waals surface area contributed by atoms with Crippen LogP contribution in [0.2, 0.25) is 0 Å². The number of aryl methyl sites for hydroxylation is 1. The lowest BCUT2D eigenvalue weighted by Gasteiger charge is -2.32. The molecule has 1 amide bonds. The zero-order valence-electron chi connectivity index (χ0n) is 16.8. The van der Waals surface area contributed by atoms with Gasteiger partial charge in [0.15, 0.2) is 0 Å². The summed E-state index contributed by atoms with van der Waals surface area (Å²) in [5.41, 5.74) is 5.26. The van der Waals surface area contributed by atoms with Crippen molar-refractivity contribution in [2.75, 3.05) is 13.1 Å². The van der Waals surface area contributed by atoms with Gasteiger partial charge in [-0.3, -0.25) is 9.78 Å². The van der Waals surface area contributed by atoms with Gasteiger partial charge in [-0.15, -0.1) is 0 Å². The van der Waals surface area contributed by atoms with E-state index in [-0.39, 0.29) is 5.91 Å². The minimum absolute atomic E-state index is 0.0861. The summed E-state index contributed by atoms with van der Waals surface area (Å²) in [7, 11) is 1.95. The van der Waals surface area contributed by atoms with Crippen LogP contribution in [0.4, 0.5) is 0 Å². The van der Waals surface area contributed by atoms with Crippen LogP contribution in [0.1, 0.15) is 28.9 Å². The molecule has 1 saturated heterocycles. The zero-order chi connectivity index (χ0) is 20.5. The van der Waals surface area contributed by atoms with E-state index in [0.29, 0.717) is 11.5 Å². The van der Waals surface area contributed by atoms with Crippen LogP contribution in [0, 0.1) is 5.92 Å². The van der Waals surface area contributed by atoms with Gasteiger partial charge in [-0.25, -0.2) is 15.0 Å². The first-order chi connectivity index (χ1) is 14.7. The number of likely N-dealkylation sites (tertiary alicyclic amines) is 1. The Morgan fingerprint density at radius 2 is 2.03 bits per heavy atom. The Bertz CT molecular complexity index is 1190. The van der Waals surface area contributed by atoms with E-state index in [1.54, 1.807) is 25.0 Å². The molecule has 1 aliphatic heterocycles. The number of hydrogen-bond acceptors (Lipinski definition) is 5. The van der Waals surface area contributed by atoms with E-state index in [1.807, 2.05) is 40.9 Å². The fraction of sp³-hybridized carbons (Fsp3) is 0.318. The number of aromatic nitrogens is 6. The maximum Gasteiger partial charge on any atom is 0.253 e. The Kier molecular flexibility index (Phi) is 4.74. The van der Waals surface area contributed by atoms with E-state index in [0.717, 1.165) is 60.5 Å². The van der Waals surface area contributed by atoms with E-state index in [9.17, 15) is 4.79 Å². The topological polar surface area (TPSA) is 92.6 Å². The summed E-state index contributed by atoms with van der Waals surface area (Å²) in [6, 6.07) is 5.63. The Morgan fingerprint density at radius 3 is 2.83 bits per heavy atom. The number of nitrogens with one attached hydrogen (secondary N) is 1. The quantitative estimate of drug-likeness (QED) is 0.568. The molecular weight excluding hydrogens is 378 g/mol. The van der Waals surface area contributed by atoms with Crippen molar-refractivity contribution in [3.8, 4) is 11.4 Å². The van der Waals surface area contributed by atoms with Crippen molar-refractivity contribution in [1.82, 2.24) is 34.4 Å². The Morgan fingerprint density at radius 1 is 1.17 bits per heavy atom. The number of nitrogens with zero attached hydrogens (tertiary/aromatic N) is 6. The number of H-pyrrole nitrogens is 1. The molecule has 1 aromatic carbocycles. The highest BCUT2D eigenvalue weighted by Gasteiger charge is 2.24. The average Bonchev–Trinajstić information content (AvgIpc) is 3.42. The summed E-state index contributed by atoms with van der Waals surface area (Å²) in [5, 5.41) is 0. The number of piperidine rings is 1. The molecule has 1 N–H and O–H groups in total. The molecule has 0 bridgehead atoms. The Balaban J connectivity index is 1.22. The smallest absolute Gasteiger partial charge is 0.253 e. The van der Waals surface area contributed by atoms with Crippen molar-refractivity contribution in [2.24, 2.45) is 13.0 Å². The van der Waals surface area contributed by atoms with E-state index < -0.39 is 0 Å². The average molecular weight is 401 g/mol. The predicted molar refractivity (Wildman–Crippen MR) is 113 cm³/mol. The van der Waals surface area contributed by atoms with Gasteiger partial charge in [0.05, 0.1) is 47.5 Å². The molecule has 0 spiro atoms.